The zero-order valence-electron chi connectivity index (χ0n) is 36.1. The Morgan fingerprint density at radius 3 is 1.71 bits per heavy atom. The van der Waals surface area contributed by atoms with Crippen molar-refractivity contribution in [2.75, 3.05) is 4.90 Å². The first-order chi connectivity index (χ1) is 27.6. The van der Waals surface area contributed by atoms with Gasteiger partial charge in [-0.15, -0.1) is 0 Å². The molecule has 5 aromatic rings. The molecule has 1 heterocycles. The molecule has 2 spiro atoms. The van der Waals surface area contributed by atoms with Gasteiger partial charge in [0.1, 0.15) is 5.75 Å². The number of para-hydroxylation sites is 1. The number of fused-ring (bicyclic) bond motifs is 9. The fourth-order valence-corrected chi connectivity index (χ4v) is 15.0. The number of rotatable bonds is 4. The van der Waals surface area contributed by atoms with Crippen LogP contribution in [0.1, 0.15) is 140 Å². The standard InChI is InChI=1S/C56H61NO/c1-51(2)23-25-53(5,6)44-31-38(18-21-40(44)51)57(39-19-22-41-45(32-39)54(7,8)26-24-52(41,3)4)46-16-12-15-43-50(46)58-47-29-36(35-13-10-9-11-14-35)17-20-42(47)56(43)48-28-34-27-37-30-49(56)55(37,48)33-34/h9-22,29,31-32,34,37,48-49H,23-28,30,33H2,1-8H3. The van der Waals surface area contributed by atoms with Crippen LogP contribution in [0.15, 0.2) is 103 Å². The van der Waals surface area contributed by atoms with Gasteiger partial charge in [-0.3, -0.25) is 0 Å². The molecular formula is C56H61NO. The molecule has 296 valence electrons. The van der Waals surface area contributed by atoms with Crippen LogP contribution < -0.4 is 9.64 Å². The Bertz CT molecular complexity index is 2480. The monoisotopic (exact) mass is 763 g/mol. The average Bonchev–Trinajstić information content (AvgIpc) is 3.74. The smallest absolute Gasteiger partial charge is 0.155 e. The molecule has 0 N–H and O–H groups in total. The lowest BCUT2D eigenvalue weighted by molar-refractivity contribution is -0.235. The summed E-state index contributed by atoms with van der Waals surface area (Å²) in [5, 5.41) is 0. The van der Waals surface area contributed by atoms with Crippen LogP contribution >= 0.6 is 0 Å². The molecule has 7 aliphatic rings. The van der Waals surface area contributed by atoms with E-state index in [1.54, 1.807) is 0 Å². The molecule has 6 unspecified atom stereocenters. The predicted octanol–water partition coefficient (Wildman–Crippen LogP) is 15.0. The molecule has 0 aromatic heterocycles. The molecule has 0 radical (unpaired) electrons. The van der Waals surface area contributed by atoms with E-state index in [4.69, 9.17) is 4.74 Å². The number of benzene rings is 5. The predicted molar refractivity (Wildman–Crippen MR) is 239 cm³/mol. The highest BCUT2D eigenvalue weighted by atomic mass is 16.5. The van der Waals surface area contributed by atoms with Gasteiger partial charge < -0.3 is 9.64 Å². The zero-order valence-corrected chi connectivity index (χ0v) is 36.1. The Kier molecular flexibility index (Phi) is 6.93. The van der Waals surface area contributed by atoms with Crippen molar-refractivity contribution >= 4 is 17.1 Å². The lowest BCUT2D eigenvalue weighted by Crippen LogP contribution is -2.74. The van der Waals surface area contributed by atoms with Crippen molar-refractivity contribution in [1.82, 2.24) is 0 Å². The first-order valence-corrected chi connectivity index (χ1v) is 22.8. The summed E-state index contributed by atoms with van der Waals surface area (Å²) in [5.74, 6) is 5.35. The largest absolute Gasteiger partial charge is 0.454 e. The van der Waals surface area contributed by atoms with Crippen LogP contribution in [0.2, 0.25) is 0 Å². The van der Waals surface area contributed by atoms with E-state index < -0.39 is 0 Å². The summed E-state index contributed by atoms with van der Waals surface area (Å²) < 4.78 is 7.55. The molecule has 5 aromatic carbocycles. The highest BCUT2D eigenvalue weighted by Crippen LogP contribution is 2.89. The molecule has 58 heavy (non-hydrogen) atoms. The summed E-state index contributed by atoms with van der Waals surface area (Å²) in [6.07, 6.45) is 10.5. The van der Waals surface area contributed by atoms with E-state index in [9.17, 15) is 0 Å². The van der Waals surface area contributed by atoms with E-state index in [1.807, 2.05) is 0 Å². The van der Waals surface area contributed by atoms with Crippen LogP contribution in [-0.2, 0) is 27.1 Å². The van der Waals surface area contributed by atoms with Gasteiger partial charge in [0, 0.05) is 27.9 Å². The topological polar surface area (TPSA) is 12.5 Å². The number of hydrogen-bond donors (Lipinski definition) is 0. The van der Waals surface area contributed by atoms with Gasteiger partial charge in [0.2, 0.25) is 0 Å². The van der Waals surface area contributed by atoms with Gasteiger partial charge in [0.05, 0.1) is 5.69 Å². The second kappa shape index (κ2) is 11.3. The lowest BCUT2D eigenvalue weighted by atomic mass is 9.26. The van der Waals surface area contributed by atoms with Crippen LogP contribution in [0.25, 0.3) is 11.1 Å². The molecule has 0 saturated heterocycles. The first kappa shape index (κ1) is 35.6. The van der Waals surface area contributed by atoms with E-state index in [0.29, 0.717) is 17.3 Å². The van der Waals surface area contributed by atoms with Gasteiger partial charge in [0.15, 0.2) is 5.75 Å². The molecule has 2 bridgehead atoms. The Hall–Kier alpha value is -4.30. The highest BCUT2D eigenvalue weighted by Gasteiger charge is 2.84. The molecule has 0 amide bonds. The Labute approximate surface area is 347 Å². The highest BCUT2D eigenvalue weighted by molar-refractivity contribution is 5.85. The first-order valence-electron chi connectivity index (χ1n) is 22.8. The van der Waals surface area contributed by atoms with Crippen LogP contribution in [0.5, 0.6) is 11.5 Å². The number of anilines is 3. The van der Waals surface area contributed by atoms with Gasteiger partial charge in [-0.2, -0.15) is 0 Å². The van der Waals surface area contributed by atoms with Gasteiger partial charge in [-0.1, -0.05) is 122 Å². The molecular weight excluding hydrogens is 703 g/mol. The Balaban J connectivity index is 1.10. The van der Waals surface area contributed by atoms with Crippen molar-refractivity contribution in [3.8, 4) is 22.6 Å². The van der Waals surface area contributed by atoms with E-state index in [-0.39, 0.29) is 27.1 Å². The molecule has 4 fully saturated rings. The minimum Gasteiger partial charge on any atom is -0.454 e. The number of hydrogen-bond acceptors (Lipinski definition) is 2. The minimum atomic E-state index is -0.00474. The van der Waals surface area contributed by atoms with Gasteiger partial charge in [-0.05, 0) is 172 Å². The van der Waals surface area contributed by atoms with Crippen molar-refractivity contribution < 1.29 is 4.74 Å². The maximum Gasteiger partial charge on any atom is 0.155 e. The molecule has 2 nitrogen and oxygen atoms in total. The van der Waals surface area contributed by atoms with Crippen LogP contribution in [0.4, 0.5) is 17.1 Å². The van der Waals surface area contributed by atoms with Crippen LogP contribution in [0.3, 0.4) is 0 Å². The summed E-state index contributed by atoms with van der Waals surface area (Å²) in [5.41, 5.74) is 16.1. The van der Waals surface area contributed by atoms with Crippen molar-refractivity contribution in [2.45, 2.75) is 134 Å². The summed E-state index contributed by atoms with van der Waals surface area (Å²) >= 11 is 0. The third-order valence-electron chi connectivity index (χ3n) is 18.1. The minimum absolute atomic E-state index is 0.00474. The van der Waals surface area contributed by atoms with Gasteiger partial charge in [0.25, 0.3) is 0 Å². The normalized spacial score (nSPS) is 31.4. The Morgan fingerprint density at radius 2 is 1.09 bits per heavy atom. The maximum absolute atomic E-state index is 7.55. The number of nitrogens with zero attached hydrogens (tertiary/aromatic N) is 1. The molecule has 1 aliphatic heterocycles. The van der Waals surface area contributed by atoms with Crippen molar-refractivity contribution in [3.63, 3.8) is 0 Å². The number of ether oxygens (including phenoxy) is 1. The molecule has 12 rings (SSSR count). The van der Waals surface area contributed by atoms with E-state index in [0.717, 1.165) is 23.3 Å². The second-order valence-electron chi connectivity index (χ2n) is 22.7. The summed E-state index contributed by atoms with van der Waals surface area (Å²) in [6, 6.07) is 40.3. The molecule has 6 atom stereocenters. The van der Waals surface area contributed by atoms with Crippen LogP contribution in [-0.4, -0.2) is 0 Å². The average molecular weight is 764 g/mol. The van der Waals surface area contributed by atoms with Crippen molar-refractivity contribution in [1.29, 1.82) is 0 Å². The summed E-state index contributed by atoms with van der Waals surface area (Å²) in [6.45, 7) is 19.6. The summed E-state index contributed by atoms with van der Waals surface area (Å²) in [7, 11) is 0. The van der Waals surface area contributed by atoms with Crippen molar-refractivity contribution in [2.24, 2.45) is 29.1 Å². The summed E-state index contributed by atoms with van der Waals surface area (Å²) in [4.78, 5) is 2.60. The molecule has 2 heteroatoms. The van der Waals surface area contributed by atoms with E-state index in [1.165, 1.54) is 113 Å². The van der Waals surface area contributed by atoms with E-state index >= 15 is 0 Å². The van der Waals surface area contributed by atoms with Crippen molar-refractivity contribution in [3.05, 3.63) is 137 Å². The van der Waals surface area contributed by atoms with Gasteiger partial charge >= 0.3 is 0 Å². The van der Waals surface area contributed by atoms with E-state index in [2.05, 4.69) is 163 Å². The fraction of sp³-hybridized carbons (Fsp3) is 0.464. The van der Waals surface area contributed by atoms with Gasteiger partial charge in [-0.25, -0.2) is 0 Å². The second-order valence-corrected chi connectivity index (χ2v) is 22.7. The lowest BCUT2D eigenvalue weighted by Gasteiger charge is -2.77. The maximum atomic E-state index is 7.55. The quantitative estimate of drug-likeness (QED) is 0.181. The zero-order chi connectivity index (χ0) is 39.8. The third-order valence-corrected chi connectivity index (χ3v) is 18.1. The third kappa shape index (κ3) is 4.40. The molecule has 4 saturated carbocycles. The molecule has 6 aliphatic carbocycles. The Morgan fingerprint density at radius 1 is 0.500 bits per heavy atom. The van der Waals surface area contributed by atoms with Crippen LogP contribution in [0, 0.1) is 29.1 Å². The fourth-order valence-electron chi connectivity index (χ4n) is 15.0. The SMILES string of the molecule is CC1(C)CCC(C)(C)c2cc(N(c3ccc4c(c3)C(C)(C)CCC4(C)C)c3cccc4c3Oc3cc(-c5ccccc5)ccc3C43C4CC5CC6CC3C64C5)ccc21.